The van der Waals surface area contributed by atoms with Gasteiger partial charge >= 0.3 is 5.69 Å². The fourth-order valence-electron chi connectivity index (χ4n) is 5.27. The van der Waals surface area contributed by atoms with E-state index in [9.17, 15) is 14.4 Å². The van der Waals surface area contributed by atoms with Crippen LogP contribution in [0.4, 0.5) is 23.0 Å². The Morgan fingerprint density at radius 1 is 0.911 bits per heavy atom. The van der Waals surface area contributed by atoms with Gasteiger partial charge in [-0.15, -0.1) is 0 Å². The van der Waals surface area contributed by atoms with Crippen LogP contribution in [0.3, 0.4) is 0 Å². The van der Waals surface area contributed by atoms with Crippen LogP contribution in [0.2, 0.25) is 0 Å². The SMILES string of the molecule is C=CC(=O)Nc1cccc(-n2c(=O)n(-c3ccccc3)c(=O)c3cnc(Nc4ccc(N5CCN(C)CC5)cc4OC)nc32)c1. The van der Waals surface area contributed by atoms with Crippen molar-refractivity contribution in [3.8, 4) is 17.1 Å². The Morgan fingerprint density at radius 3 is 2.40 bits per heavy atom. The van der Waals surface area contributed by atoms with Crippen molar-refractivity contribution in [1.82, 2.24) is 24.0 Å². The molecular formula is C33H32N8O4. The normalized spacial score (nSPS) is 13.4. The summed E-state index contributed by atoms with van der Waals surface area (Å²) in [5.41, 5.74) is 1.78. The van der Waals surface area contributed by atoms with Crippen molar-refractivity contribution in [2.45, 2.75) is 0 Å². The molecule has 1 amide bonds. The second-order valence-corrected chi connectivity index (χ2v) is 10.6. The molecule has 0 unspecified atom stereocenters. The molecule has 1 aliphatic rings. The highest BCUT2D eigenvalue weighted by Gasteiger charge is 2.20. The lowest BCUT2D eigenvalue weighted by Crippen LogP contribution is -2.44. The number of hydrogen-bond acceptors (Lipinski definition) is 9. The summed E-state index contributed by atoms with van der Waals surface area (Å²) >= 11 is 0. The van der Waals surface area contributed by atoms with E-state index < -0.39 is 17.2 Å². The number of nitrogens with zero attached hydrogens (tertiary/aromatic N) is 6. The summed E-state index contributed by atoms with van der Waals surface area (Å²) in [7, 11) is 3.71. The van der Waals surface area contributed by atoms with Crippen molar-refractivity contribution in [2.75, 3.05) is 55.9 Å². The first kappa shape index (κ1) is 29.3. The van der Waals surface area contributed by atoms with Crippen molar-refractivity contribution < 1.29 is 9.53 Å². The van der Waals surface area contributed by atoms with E-state index in [1.165, 1.54) is 10.8 Å². The van der Waals surface area contributed by atoms with E-state index in [4.69, 9.17) is 4.74 Å². The first-order valence-corrected chi connectivity index (χ1v) is 14.4. The number of anilines is 4. The largest absolute Gasteiger partial charge is 0.494 e. The molecule has 0 saturated carbocycles. The first-order chi connectivity index (χ1) is 21.9. The van der Waals surface area contributed by atoms with Crippen LogP contribution < -0.4 is 31.5 Å². The molecule has 0 aliphatic carbocycles. The number of rotatable bonds is 8. The van der Waals surface area contributed by atoms with Crippen molar-refractivity contribution in [3.63, 3.8) is 0 Å². The van der Waals surface area contributed by atoms with Crippen LogP contribution in [-0.2, 0) is 4.79 Å². The van der Waals surface area contributed by atoms with E-state index in [0.717, 1.165) is 42.5 Å². The molecule has 3 heterocycles. The molecular weight excluding hydrogens is 572 g/mol. The first-order valence-electron chi connectivity index (χ1n) is 14.4. The second kappa shape index (κ2) is 12.5. The number of carbonyl (C=O) groups is 1. The molecule has 0 radical (unpaired) electrons. The van der Waals surface area contributed by atoms with Crippen LogP contribution in [0, 0.1) is 0 Å². The summed E-state index contributed by atoms with van der Waals surface area (Å²) in [6.07, 6.45) is 2.55. The van der Waals surface area contributed by atoms with Crippen molar-refractivity contribution in [2.24, 2.45) is 0 Å². The van der Waals surface area contributed by atoms with Crippen LogP contribution in [0.5, 0.6) is 5.75 Å². The van der Waals surface area contributed by atoms with Gasteiger partial charge in [-0.3, -0.25) is 9.59 Å². The lowest BCUT2D eigenvalue weighted by Gasteiger charge is -2.34. The van der Waals surface area contributed by atoms with Crippen molar-refractivity contribution >= 4 is 40.0 Å². The van der Waals surface area contributed by atoms with E-state index in [-0.39, 0.29) is 17.0 Å². The van der Waals surface area contributed by atoms with Gasteiger partial charge in [-0.1, -0.05) is 30.8 Å². The highest BCUT2D eigenvalue weighted by molar-refractivity contribution is 5.99. The maximum Gasteiger partial charge on any atom is 0.341 e. The third-order valence-corrected chi connectivity index (χ3v) is 7.67. The number of fused-ring (bicyclic) bond motifs is 1. The van der Waals surface area contributed by atoms with Gasteiger partial charge in [0.25, 0.3) is 5.56 Å². The fourth-order valence-corrected chi connectivity index (χ4v) is 5.27. The average Bonchev–Trinajstić information content (AvgIpc) is 3.06. The fraction of sp³-hybridized carbons (Fsp3) is 0.182. The molecule has 0 atom stereocenters. The number of methoxy groups -OCH3 is 1. The number of para-hydroxylation sites is 1. The maximum atomic E-state index is 14.1. The summed E-state index contributed by atoms with van der Waals surface area (Å²) < 4.78 is 8.11. The molecule has 1 saturated heterocycles. The number of aromatic nitrogens is 4. The van der Waals surface area contributed by atoms with E-state index in [1.54, 1.807) is 61.7 Å². The van der Waals surface area contributed by atoms with E-state index in [0.29, 0.717) is 28.5 Å². The van der Waals surface area contributed by atoms with Gasteiger partial charge in [0.1, 0.15) is 11.1 Å². The van der Waals surface area contributed by atoms with Crippen molar-refractivity contribution in [1.29, 1.82) is 0 Å². The standard InChI is InChI=1S/C33H32N8O4/c1-4-29(42)35-22-9-8-12-25(19-22)40-30-26(31(43)41(33(40)44)23-10-6-5-7-11-23)21-34-32(37-30)36-27-14-13-24(20-28(27)45-3)39-17-15-38(2)16-18-39/h4-14,19-21H,1,15-18H2,2-3H3,(H,35,42)(H,34,36,37). The Labute approximate surface area is 258 Å². The Hall–Kier alpha value is -5.75. The van der Waals surface area contributed by atoms with Crippen LogP contribution in [0.15, 0.2) is 101 Å². The predicted molar refractivity (Wildman–Crippen MR) is 176 cm³/mol. The molecule has 5 aromatic rings. The number of hydrogen-bond donors (Lipinski definition) is 2. The van der Waals surface area contributed by atoms with Crippen molar-refractivity contribution in [3.05, 3.63) is 112 Å². The molecule has 12 nitrogen and oxygen atoms in total. The quantitative estimate of drug-likeness (QED) is 0.256. The average molecular weight is 605 g/mol. The molecule has 1 fully saturated rings. The summed E-state index contributed by atoms with van der Waals surface area (Å²) in [4.78, 5) is 53.5. The van der Waals surface area contributed by atoms with Gasteiger partial charge in [-0.25, -0.2) is 18.9 Å². The number of carbonyl (C=O) groups excluding carboxylic acids is 1. The van der Waals surface area contributed by atoms with Gasteiger partial charge < -0.3 is 25.2 Å². The molecule has 2 N–H and O–H groups in total. The van der Waals surface area contributed by atoms with Gasteiger partial charge in [0.15, 0.2) is 5.65 Å². The van der Waals surface area contributed by atoms with Gasteiger partial charge in [-0.05, 0) is 55.6 Å². The lowest BCUT2D eigenvalue weighted by atomic mass is 10.2. The van der Waals surface area contributed by atoms with Crippen LogP contribution in [0.1, 0.15) is 0 Å². The summed E-state index contributed by atoms with van der Waals surface area (Å²) in [5, 5.41) is 6.03. The minimum Gasteiger partial charge on any atom is -0.494 e. The smallest absolute Gasteiger partial charge is 0.341 e. The van der Waals surface area contributed by atoms with Gasteiger partial charge in [0.2, 0.25) is 11.9 Å². The number of likely N-dealkylation sites (N-methyl/N-ethyl adjacent to an activating group) is 1. The molecule has 12 heteroatoms. The van der Waals surface area contributed by atoms with Crippen LogP contribution in [-0.4, -0.2) is 70.2 Å². The Bertz CT molecular complexity index is 2010. The summed E-state index contributed by atoms with van der Waals surface area (Å²) in [6.45, 7) is 7.27. The number of amides is 1. The Kier molecular flexibility index (Phi) is 8.12. The molecule has 3 aromatic carbocycles. The summed E-state index contributed by atoms with van der Waals surface area (Å²) in [6, 6.07) is 21.2. The molecule has 0 bridgehead atoms. The molecule has 1 aliphatic heterocycles. The van der Waals surface area contributed by atoms with Gasteiger partial charge in [0.05, 0.1) is 24.2 Å². The highest BCUT2D eigenvalue weighted by atomic mass is 16.5. The monoisotopic (exact) mass is 604 g/mol. The Balaban J connectivity index is 1.46. The number of piperazine rings is 1. The number of nitrogens with one attached hydrogen (secondary N) is 2. The molecule has 228 valence electrons. The molecule has 45 heavy (non-hydrogen) atoms. The highest BCUT2D eigenvalue weighted by Crippen LogP contribution is 2.32. The predicted octanol–water partition coefficient (Wildman–Crippen LogP) is 3.56. The second-order valence-electron chi connectivity index (χ2n) is 10.6. The number of benzene rings is 3. The maximum absolute atomic E-state index is 14.1. The lowest BCUT2D eigenvalue weighted by molar-refractivity contribution is -0.111. The minimum atomic E-state index is -0.635. The van der Waals surface area contributed by atoms with E-state index in [2.05, 4.69) is 44.0 Å². The van der Waals surface area contributed by atoms with E-state index in [1.807, 2.05) is 18.2 Å². The zero-order valence-electron chi connectivity index (χ0n) is 24.9. The van der Waals surface area contributed by atoms with Gasteiger partial charge in [0, 0.05) is 49.8 Å². The third kappa shape index (κ3) is 5.91. The summed E-state index contributed by atoms with van der Waals surface area (Å²) in [5.74, 6) is 0.354. The molecule has 2 aromatic heterocycles. The number of ether oxygens (including phenoxy) is 1. The van der Waals surface area contributed by atoms with Crippen LogP contribution in [0.25, 0.3) is 22.4 Å². The zero-order chi connectivity index (χ0) is 31.5. The Morgan fingerprint density at radius 2 is 1.67 bits per heavy atom. The molecule has 6 rings (SSSR count). The minimum absolute atomic E-state index is 0.0925. The van der Waals surface area contributed by atoms with Gasteiger partial charge in [-0.2, -0.15) is 4.98 Å². The topological polar surface area (TPSA) is 127 Å². The van der Waals surface area contributed by atoms with Crippen LogP contribution >= 0.6 is 0 Å². The molecule has 0 spiro atoms. The van der Waals surface area contributed by atoms with E-state index >= 15 is 0 Å². The zero-order valence-corrected chi connectivity index (χ0v) is 24.9. The third-order valence-electron chi connectivity index (χ3n) is 7.67.